The molecule has 0 saturated carbocycles. The van der Waals surface area contributed by atoms with Gasteiger partial charge >= 0.3 is 0 Å². The predicted octanol–water partition coefficient (Wildman–Crippen LogP) is 2.47. The van der Waals surface area contributed by atoms with Crippen LogP contribution in [0.3, 0.4) is 0 Å². The zero-order chi connectivity index (χ0) is 7.98. The van der Waals surface area contributed by atoms with Gasteiger partial charge in [-0.15, -0.1) is 0 Å². The molecule has 0 aliphatic carbocycles. The Balaban J connectivity index is 0.000000371. The first-order chi connectivity index (χ1) is 4.80. The first-order valence-corrected chi connectivity index (χ1v) is 3.48. The van der Waals surface area contributed by atoms with Crippen molar-refractivity contribution in [2.24, 2.45) is 0 Å². The van der Waals surface area contributed by atoms with Crippen LogP contribution in [-0.2, 0) is 0 Å². The Morgan fingerprint density at radius 3 is 2.40 bits per heavy atom. The minimum absolute atomic E-state index is 0.0224. The zero-order valence-corrected chi connectivity index (χ0v) is 6.76. The van der Waals surface area contributed by atoms with E-state index >= 15 is 0 Å². The topological polar surface area (TPSA) is 33.1 Å². The molecule has 1 heterocycles. The summed E-state index contributed by atoms with van der Waals surface area (Å²) in [5, 5.41) is 8.87. The second-order valence-corrected chi connectivity index (χ2v) is 1.67. The second-order valence-electron chi connectivity index (χ2n) is 1.31. The van der Waals surface area contributed by atoms with Gasteiger partial charge in [-0.3, -0.25) is 0 Å². The average Bonchev–Trinajstić information content (AvgIpc) is 2.00. The Bertz CT molecular complexity index is 170. The van der Waals surface area contributed by atoms with E-state index in [0.717, 1.165) is 0 Å². The van der Waals surface area contributed by atoms with Gasteiger partial charge in [-0.25, -0.2) is 4.98 Å². The normalized spacial score (nSPS) is 7.90. The summed E-state index contributed by atoms with van der Waals surface area (Å²) >= 11 is 5.35. The number of rotatable bonds is 0. The fraction of sp³-hybridized carbons (Fsp3) is 0.286. The number of nitrogens with zero attached hydrogens (tertiary/aromatic N) is 1. The summed E-state index contributed by atoms with van der Waals surface area (Å²) in [5.74, 6) is 0.0224. The molecule has 0 aromatic carbocycles. The molecular weight excluding hydrogens is 150 g/mol. The van der Waals surface area contributed by atoms with E-state index in [2.05, 4.69) is 4.98 Å². The lowest BCUT2D eigenvalue weighted by Crippen LogP contribution is -1.70. The third-order valence-electron chi connectivity index (χ3n) is 0.739. The van der Waals surface area contributed by atoms with Gasteiger partial charge in [0.05, 0.1) is 0 Å². The molecule has 10 heavy (non-hydrogen) atoms. The van der Waals surface area contributed by atoms with Crippen LogP contribution in [0.4, 0.5) is 0 Å². The molecule has 0 fully saturated rings. The van der Waals surface area contributed by atoms with Crippen molar-refractivity contribution in [2.45, 2.75) is 13.8 Å². The Kier molecular flexibility index (Phi) is 4.67. The second kappa shape index (κ2) is 5.06. The highest BCUT2D eigenvalue weighted by atomic mass is 35.5. The van der Waals surface area contributed by atoms with Crippen LogP contribution in [0, 0.1) is 0 Å². The van der Waals surface area contributed by atoms with Crippen molar-refractivity contribution in [1.82, 2.24) is 4.98 Å². The van der Waals surface area contributed by atoms with Gasteiger partial charge in [0.25, 0.3) is 0 Å². The summed E-state index contributed by atoms with van der Waals surface area (Å²) in [4.78, 5) is 3.59. The average molecular weight is 160 g/mol. The smallest absolute Gasteiger partial charge is 0.170 e. The molecule has 0 saturated heterocycles. The van der Waals surface area contributed by atoms with Crippen LogP contribution in [0.15, 0.2) is 18.3 Å². The lowest BCUT2D eigenvalue weighted by atomic mass is 10.5. The minimum atomic E-state index is 0.0224. The lowest BCUT2D eigenvalue weighted by molar-refractivity contribution is 0.473. The molecular formula is C7H10ClNO. The number of hydrogen-bond donors (Lipinski definition) is 1. The summed E-state index contributed by atoms with van der Waals surface area (Å²) < 4.78 is 0. The van der Waals surface area contributed by atoms with E-state index in [4.69, 9.17) is 16.7 Å². The molecule has 1 aromatic heterocycles. The molecule has 1 aromatic rings. The SMILES string of the molecule is CC.Oc1cccnc1Cl. The Hall–Kier alpha value is -0.760. The van der Waals surface area contributed by atoms with E-state index in [0.29, 0.717) is 0 Å². The summed E-state index contributed by atoms with van der Waals surface area (Å²) in [6, 6.07) is 3.09. The molecule has 0 unspecified atom stereocenters. The molecule has 0 aliphatic rings. The van der Waals surface area contributed by atoms with Gasteiger partial charge in [-0.2, -0.15) is 0 Å². The lowest BCUT2D eigenvalue weighted by Gasteiger charge is -1.88. The van der Waals surface area contributed by atoms with Gasteiger partial charge in [0, 0.05) is 6.20 Å². The van der Waals surface area contributed by atoms with E-state index in [-0.39, 0.29) is 10.9 Å². The highest BCUT2D eigenvalue weighted by Gasteiger charge is 1.91. The Labute approximate surface area is 65.5 Å². The van der Waals surface area contributed by atoms with E-state index in [1.807, 2.05) is 13.8 Å². The third kappa shape index (κ3) is 2.69. The largest absolute Gasteiger partial charge is 0.505 e. The maximum atomic E-state index is 8.72. The van der Waals surface area contributed by atoms with Crippen LogP contribution >= 0.6 is 11.6 Å². The molecule has 56 valence electrons. The maximum absolute atomic E-state index is 8.72. The Morgan fingerprint density at radius 2 is 2.10 bits per heavy atom. The highest BCUT2D eigenvalue weighted by Crippen LogP contribution is 2.16. The maximum Gasteiger partial charge on any atom is 0.170 e. The summed E-state index contributed by atoms with van der Waals surface area (Å²) in [6.45, 7) is 4.00. The molecule has 0 amide bonds. The molecule has 0 aliphatic heterocycles. The van der Waals surface area contributed by atoms with E-state index in [1.54, 1.807) is 6.07 Å². The molecule has 2 nitrogen and oxygen atoms in total. The van der Waals surface area contributed by atoms with Gasteiger partial charge in [0.1, 0.15) is 0 Å². The molecule has 0 spiro atoms. The molecule has 0 bridgehead atoms. The fourth-order valence-electron chi connectivity index (χ4n) is 0.378. The number of aromatic nitrogens is 1. The van der Waals surface area contributed by atoms with Crippen molar-refractivity contribution in [3.63, 3.8) is 0 Å². The number of hydrogen-bond acceptors (Lipinski definition) is 2. The molecule has 3 heteroatoms. The van der Waals surface area contributed by atoms with Crippen molar-refractivity contribution in [2.75, 3.05) is 0 Å². The van der Waals surface area contributed by atoms with Crippen LogP contribution in [0.25, 0.3) is 0 Å². The van der Waals surface area contributed by atoms with Crippen LogP contribution < -0.4 is 0 Å². The first-order valence-electron chi connectivity index (χ1n) is 3.10. The highest BCUT2D eigenvalue weighted by molar-refractivity contribution is 6.30. The van der Waals surface area contributed by atoms with Crippen molar-refractivity contribution in [3.8, 4) is 5.75 Å². The molecule has 0 atom stereocenters. The van der Waals surface area contributed by atoms with Crippen LogP contribution in [0.1, 0.15) is 13.8 Å². The fourth-order valence-corrected chi connectivity index (χ4v) is 0.497. The molecule has 0 radical (unpaired) electrons. The number of pyridine rings is 1. The molecule has 1 rings (SSSR count). The minimum Gasteiger partial charge on any atom is -0.505 e. The van der Waals surface area contributed by atoms with Gasteiger partial charge in [0.2, 0.25) is 0 Å². The predicted molar refractivity (Wildman–Crippen MR) is 42.3 cm³/mol. The van der Waals surface area contributed by atoms with Gasteiger partial charge < -0.3 is 5.11 Å². The standard InChI is InChI=1S/C5H4ClNO.C2H6/c6-5-4(8)2-1-3-7-5;1-2/h1-3,8H;1-2H3. The zero-order valence-electron chi connectivity index (χ0n) is 6.00. The summed E-state index contributed by atoms with van der Waals surface area (Å²) in [7, 11) is 0. The van der Waals surface area contributed by atoms with Crippen LogP contribution in [0.2, 0.25) is 5.15 Å². The van der Waals surface area contributed by atoms with E-state index in [1.165, 1.54) is 12.3 Å². The quantitative estimate of drug-likeness (QED) is 0.590. The monoisotopic (exact) mass is 159 g/mol. The van der Waals surface area contributed by atoms with Gasteiger partial charge in [-0.05, 0) is 12.1 Å². The first kappa shape index (κ1) is 9.24. The molecule has 1 N–H and O–H groups in total. The van der Waals surface area contributed by atoms with E-state index in [9.17, 15) is 0 Å². The third-order valence-corrected chi connectivity index (χ3v) is 1.03. The summed E-state index contributed by atoms with van der Waals surface area (Å²) in [6.07, 6.45) is 1.52. The van der Waals surface area contributed by atoms with Crippen molar-refractivity contribution in [1.29, 1.82) is 0 Å². The Morgan fingerprint density at radius 1 is 1.50 bits per heavy atom. The number of aromatic hydroxyl groups is 1. The van der Waals surface area contributed by atoms with Gasteiger partial charge in [0.15, 0.2) is 10.9 Å². The van der Waals surface area contributed by atoms with Crippen LogP contribution in [0.5, 0.6) is 5.75 Å². The van der Waals surface area contributed by atoms with Crippen molar-refractivity contribution >= 4 is 11.6 Å². The van der Waals surface area contributed by atoms with E-state index < -0.39 is 0 Å². The van der Waals surface area contributed by atoms with Crippen molar-refractivity contribution < 1.29 is 5.11 Å². The number of halogens is 1. The van der Waals surface area contributed by atoms with Crippen molar-refractivity contribution in [3.05, 3.63) is 23.5 Å². The van der Waals surface area contributed by atoms with Gasteiger partial charge in [-0.1, -0.05) is 25.4 Å². The summed E-state index contributed by atoms with van der Waals surface area (Å²) in [5.41, 5.74) is 0. The van der Waals surface area contributed by atoms with Crippen LogP contribution in [-0.4, -0.2) is 10.1 Å².